The van der Waals surface area contributed by atoms with Gasteiger partial charge in [-0.1, -0.05) is 0 Å². The van der Waals surface area contributed by atoms with Gasteiger partial charge < -0.3 is 19.2 Å². The van der Waals surface area contributed by atoms with Crippen molar-refractivity contribution in [3.8, 4) is 5.75 Å². The first-order chi connectivity index (χ1) is 12.7. The van der Waals surface area contributed by atoms with Crippen molar-refractivity contribution in [3.63, 3.8) is 0 Å². The van der Waals surface area contributed by atoms with Crippen LogP contribution in [0.3, 0.4) is 0 Å². The largest absolute Gasteiger partial charge is 0.497 e. The van der Waals surface area contributed by atoms with E-state index >= 15 is 0 Å². The van der Waals surface area contributed by atoms with E-state index in [4.69, 9.17) is 4.74 Å². The van der Waals surface area contributed by atoms with Crippen LogP contribution in [0.15, 0.2) is 36.7 Å². The van der Waals surface area contributed by atoms with Crippen LogP contribution in [0, 0.1) is 0 Å². The van der Waals surface area contributed by atoms with Gasteiger partial charge in [-0.15, -0.1) is 0 Å². The van der Waals surface area contributed by atoms with E-state index in [0.717, 1.165) is 48.4 Å². The Morgan fingerprint density at radius 1 is 1.38 bits per heavy atom. The van der Waals surface area contributed by atoms with Crippen LogP contribution < -0.4 is 4.74 Å². The van der Waals surface area contributed by atoms with Crippen LogP contribution in [-0.2, 0) is 6.54 Å². The zero-order valence-corrected chi connectivity index (χ0v) is 15.2. The van der Waals surface area contributed by atoms with Crippen molar-refractivity contribution in [2.45, 2.75) is 32.2 Å². The van der Waals surface area contributed by atoms with E-state index in [1.165, 1.54) is 0 Å². The molecule has 4 rings (SSSR count). The quantitative estimate of drug-likeness (QED) is 0.783. The summed E-state index contributed by atoms with van der Waals surface area (Å²) in [5.41, 5.74) is 1.58. The summed E-state index contributed by atoms with van der Waals surface area (Å²) in [6.07, 6.45) is 5.94. The number of fused-ring (bicyclic) bond motifs is 1. The zero-order chi connectivity index (χ0) is 18.1. The highest BCUT2D eigenvalue weighted by Gasteiger charge is 2.28. The standard InChI is InChI=1S/C20H24N4O2/c1-3-23-10-8-21-19(23)14-5-4-9-24(13-14)20(25)18-12-15-11-16(26-2)6-7-17(15)22-18/h6-8,10-12,14,22H,3-5,9,13H2,1-2H3/t14-/m1/s1. The van der Waals surface area contributed by atoms with Gasteiger partial charge in [0.1, 0.15) is 17.3 Å². The van der Waals surface area contributed by atoms with Crippen LogP contribution in [0.25, 0.3) is 10.9 Å². The summed E-state index contributed by atoms with van der Waals surface area (Å²) in [5.74, 6) is 2.23. The average molecular weight is 352 g/mol. The van der Waals surface area contributed by atoms with E-state index in [-0.39, 0.29) is 5.91 Å². The number of nitrogens with one attached hydrogen (secondary N) is 1. The third kappa shape index (κ3) is 2.96. The van der Waals surface area contributed by atoms with Crippen molar-refractivity contribution in [2.24, 2.45) is 0 Å². The number of aryl methyl sites for hydroxylation is 1. The number of hydrogen-bond acceptors (Lipinski definition) is 3. The van der Waals surface area contributed by atoms with Gasteiger partial charge >= 0.3 is 0 Å². The van der Waals surface area contributed by atoms with Gasteiger partial charge in [0.15, 0.2) is 0 Å². The molecule has 6 heteroatoms. The molecule has 2 aromatic heterocycles. The van der Waals surface area contributed by atoms with Crippen LogP contribution >= 0.6 is 0 Å². The fourth-order valence-corrected chi connectivity index (χ4v) is 3.84. The van der Waals surface area contributed by atoms with Crippen LogP contribution in [0.4, 0.5) is 0 Å². The number of aromatic amines is 1. The molecule has 3 aromatic rings. The smallest absolute Gasteiger partial charge is 0.270 e. The fourth-order valence-electron chi connectivity index (χ4n) is 3.84. The summed E-state index contributed by atoms with van der Waals surface area (Å²) in [6, 6.07) is 7.70. The zero-order valence-electron chi connectivity index (χ0n) is 15.2. The third-order valence-corrected chi connectivity index (χ3v) is 5.22. The molecule has 0 unspecified atom stereocenters. The number of rotatable bonds is 4. The lowest BCUT2D eigenvalue weighted by atomic mass is 9.97. The van der Waals surface area contributed by atoms with Crippen molar-refractivity contribution in [1.29, 1.82) is 0 Å². The highest BCUT2D eigenvalue weighted by atomic mass is 16.5. The first kappa shape index (κ1) is 16.7. The molecule has 1 aliphatic rings. The monoisotopic (exact) mass is 352 g/mol. The number of imidazole rings is 1. The Kier molecular flexibility index (Phi) is 4.41. The van der Waals surface area contributed by atoms with E-state index < -0.39 is 0 Å². The van der Waals surface area contributed by atoms with Crippen molar-refractivity contribution in [3.05, 3.63) is 48.2 Å². The Bertz CT molecular complexity index is 927. The molecule has 136 valence electrons. The second-order valence-corrected chi connectivity index (χ2v) is 6.80. The van der Waals surface area contributed by atoms with E-state index in [9.17, 15) is 4.79 Å². The molecule has 0 radical (unpaired) electrons. The Labute approximate surface area is 152 Å². The van der Waals surface area contributed by atoms with E-state index in [2.05, 4.69) is 21.5 Å². The summed E-state index contributed by atoms with van der Waals surface area (Å²) in [6.45, 7) is 4.54. The molecule has 1 amide bonds. The number of nitrogens with zero attached hydrogens (tertiary/aromatic N) is 3. The maximum Gasteiger partial charge on any atom is 0.270 e. The van der Waals surface area contributed by atoms with E-state index in [0.29, 0.717) is 18.2 Å². The second kappa shape index (κ2) is 6.86. The Balaban J connectivity index is 1.56. The molecule has 1 N–H and O–H groups in total. The molecule has 0 aliphatic carbocycles. The molecule has 0 bridgehead atoms. The molecule has 1 saturated heterocycles. The molecular weight excluding hydrogens is 328 g/mol. The first-order valence-electron chi connectivity index (χ1n) is 9.16. The number of methoxy groups -OCH3 is 1. The minimum Gasteiger partial charge on any atom is -0.497 e. The SMILES string of the molecule is CCn1ccnc1[C@@H]1CCCN(C(=O)c2cc3cc(OC)ccc3[nH]2)C1. The molecule has 1 aliphatic heterocycles. The first-order valence-corrected chi connectivity index (χ1v) is 9.16. The van der Waals surface area contributed by atoms with Gasteiger partial charge in [-0.25, -0.2) is 4.98 Å². The molecular formula is C20H24N4O2. The predicted molar refractivity (Wildman–Crippen MR) is 101 cm³/mol. The van der Waals surface area contributed by atoms with Crippen LogP contribution in [0.5, 0.6) is 5.75 Å². The molecule has 1 fully saturated rings. The van der Waals surface area contributed by atoms with Gasteiger partial charge in [-0.2, -0.15) is 0 Å². The minimum atomic E-state index is 0.0551. The molecule has 1 aromatic carbocycles. The van der Waals surface area contributed by atoms with Crippen molar-refractivity contribution < 1.29 is 9.53 Å². The second-order valence-electron chi connectivity index (χ2n) is 6.80. The number of amides is 1. The Hall–Kier alpha value is -2.76. The Morgan fingerprint density at radius 3 is 3.08 bits per heavy atom. The van der Waals surface area contributed by atoms with Crippen molar-refractivity contribution in [1.82, 2.24) is 19.4 Å². The van der Waals surface area contributed by atoms with Gasteiger partial charge in [-0.3, -0.25) is 4.79 Å². The lowest BCUT2D eigenvalue weighted by Crippen LogP contribution is -2.39. The van der Waals surface area contributed by atoms with Gasteiger partial charge in [0, 0.05) is 48.8 Å². The topological polar surface area (TPSA) is 63.1 Å². The molecule has 3 heterocycles. The molecule has 0 saturated carbocycles. The number of benzene rings is 1. The summed E-state index contributed by atoms with van der Waals surface area (Å²) in [4.78, 5) is 22.8. The number of ether oxygens (including phenoxy) is 1. The number of H-pyrrole nitrogens is 1. The summed E-state index contributed by atoms with van der Waals surface area (Å²) < 4.78 is 7.44. The average Bonchev–Trinajstić information content (AvgIpc) is 3.33. The molecule has 26 heavy (non-hydrogen) atoms. The van der Waals surface area contributed by atoms with Gasteiger partial charge in [-0.05, 0) is 44.0 Å². The number of hydrogen-bond donors (Lipinski definition) is 1. The minimum absolute atomic E-state index is 0.0551. The lowest BCUT2D eigenvalue weighted by Gasteiger charge is -2.32. The van der Waals surface area contributed by atoms with Crippen LogP contribution in [0.1, 0.15) is 42.0 Å². The van der Waals surface area contributed by atoms with Crippen LogP contribution in [0.2, 0.25) is 0 Å². The van der Waals surface area contributed by atoms with Crippen LogP contribution in [-0.4, -0.2) is 45.5 Å². The van der Waals surface area contributed by atoms with E-state index in [1.807, 2.05) is 41.6 Å². The molecule has 0 spiro atoms. The number of likely N-dealkylation sites (tertiary alicyclic amines) is 1. The van der Waals surface area contributed by atoms with Gasteiger partial charge in [0.05, 0.1) is 7.11 Å². The number of piperidine rings is 1. The predicted octanol–water partition coefficient (Wildman–Crippen LogP) is 3.41. The summed E-state index contributed by atoms with van der Waals surface area (Å²) >= 11 is 0. The van der Waals surface area contributed by atoms with E-state index in [1.54, 1.807) is 7.11 Å². The Morgan fingerprint density at radius 2 is 2.27 bits per heavy atom. The number of aromatic nitrogens is 3. The van der Waals surface area contributed by atoms with Crippen molar-refractivity contribution in [2.75, 3.05) is 20.2 Å². The van der Waals surface area contributed by atoms with Gasteiger partial charge in [0.2, 0.25) is 0 Å². The number of carbonyl (C=O) groups is 1. The molecule has 1 atom stereocenters. The maximum atomic E-state index is 13.0. The number of carbonyl (C=O) groups excluding carboxylic acids is 1. The fraction of sp³-hybridized carbons (Fsp3) is 0.400. The molecule has 6 nitrogen and oxygen atoms in total. The third-order valence-electron chi connectivity index (χ3n) is 5.22. The summed E-state index contributed by atoms with van der Waals surface area (Å²) in [7, 11) is 1.65. The normalized spacial score (nSPS) is 17.6. The summed E-state index contributed by atoms with van der Waals surface area (Å²) in [5, 5.41) is 0.989. The lowest BCUT2D eigenvalue weighted by molar-refractivity contribution is 0.0698. The maximum absolute atomic E-state index is 13.0. The van der Waals surface area contributed by atoms with Gasteiger partial charge in [0.25, 0.3) is 5.91 Å². The highest BCUT2D eigenvalue weighted by Crippen LogP contribution is 2.28. The highest BCUT2D eigenvalue weighted by molar-refractivity contribution is 5.98. The van der Waals surface area contributed by atoms with Crippen molar-refractivity contribution >= 4 is 16.8 Å².